The smallest absolute Gasteiger partial charge is 0.224 e. The van der Waals surface area contributed by atoms with Crippen molar-refractivity contribution < 1.29 is 9.84 Å². The highest BCUT2D eigenvalue weighted by Crippen LogP contribution is 2.37. The molecular formula is C9H12N6O2S. The van der Waals surface area contributed by atoms with Crippen molar-refractivity contribution in [1.29, 1.82) is 0 Å². The number of rotatable bonds is 2. The van der Waals surface area contributed by atoms with Crippen molar-refractivity contribution in [3.05, 3.63) is 6.33 Å². The fourth-order valence-electron chi connectivity index (χ4n) is 1.85. The van der Waals surface area contributed by atoms with Gasteiger partial charge in [-0.3, -0.25) is 4.57 Å². The fourth-order valence-corrected chi connectivity index (χ4v) is 2.89. The van der Waals surface area contributed by atoms with Crippen LogP contribution in [-0.4, -0.2) is 43.3 Å². The lowest BCUT2D eigenvalue weighted by Crippen LogP contribution is -2.07. The molecule has 0 spiro atoms. The zero-order chi connectivity index (χ0) is 12.7. The number of aliphatic hydroxyl groups is 1. The average molecular weight is 268 g/mol. The molecule has 2 aromatic heterocycles. The predicted molar refractivity (Wildman–Crippen MR) is 67.6 cm³/mol. The molecule has 96 valence electrons. The normalized spacial score (nSPS) is 23.8. The van der Waals surface area contributed by atoms with Crippen molar-refractivity contribution >= 4 is 34.7 Å². The molecule has 0 saturated carbocycles. The molecule has 0 aliphatic carbocycles. The standard InChI is InChI=1S/C9H12N6O2S/c10-7-6-8(14-9(11)13-7)15(3-12-6)4-2-17-5(1-16)18-4/h3-5,16H,1-2H2,(H4,10,11,13,14). The lowest BCUT2D eigenvalue weighted by Gasteiger charge is -2.10. The number of imidazole rings is 1. The number of nitrogens with zero attached hydrogens (tertiary/aromatic N) is 4. The van der Waals surface area contributed by atoms with Crippen LogP contribution in [0.1, 0.15) is 5.37 Å². The molecule has 8 nitrogen and oxygen atoms in total. The SMILES string of the molecule is Nc1nc(N)c2ncn(C3COC(CO)S3)c2n1. The van der Waals surface area contributed by atoms with Crippen molar-refractivity contribution in [2.75, 3.05) is 24.7 Å². The minimum Gasteiger partial charge on any atom is -0.393 e. The number of hydrogen-bond donors (Lipinski definition) is 3. The first kappa shape index (κ1) is 11.5. The largest absolute Gasteiger partial charge is 0.393 e. The van der Waals surface area contributed by atoms with Crippen LogP contribution in [0.2, 0.25) is 0 Å². The number of thioether (sulfide) groups is 1. The van der Waals surface area contributed by atoms with Crippen LogP contribution in [0.25, 0.3) is 11.2 Å². The van der Waals surface area contributed by atoms with Crippen LogP contribution in [0, 0.1) is 0 Å². The molecule has 2 aromatic rings. The van der Waals surface area contributed by atoms with Crippen molar-refractivity contribution in [2.24, 2.45) is 0 Å². The highest BCUT2D eigenvalue weighted by atomic mass is 32.2. The summed E-state index contributed by atoms with van der Waals surface area (Å²) in [4.78, 5) is 12.2. The van der Waals surface area contributed by atoms with E-state index in [4.69, 9.17) is 21.3 Å². The second-order valence-electron chi connectivity index (χ2n) is 3.83. The third kappa shape index (κ3) is 1.76. The Morgan fingerprint density at radius 1 is 1.50 bits per heavy atom. The van der Waals surface area contributed by atoms with Crippen LogP contribution in [0.4, 0.5) is 11.8 Å². The van der Waals surface area contributed by atoms with Crippen LogP contribution < -0.4 is 11.5 Å². The predicted octanol–water partition coefficient (Wildman–Crippen LogP) is -0.429. The number of anilines is 2. The van der Waals surface area contributed by atoms with Crippen molar-refractivity contribution in [3.63, 3.8) is 0 Å². The summed E-state index contributed by atoms with van der Waals surface area (Å²) in [5, 5.41) is 9.05. The third-order valence-electron chi connectivity index (χ3n) is 2.66. The van der Waals surface area contributed by atoms with Gasteiger partial charge in [-0.15, -0.1) is 11.8 Å². The van der Waals surface area contributed by atoms with Crippen LogP contribution in [0.15, 0.2) is 6.33 Å². The Labute approximate surface area is 106 Å². The molecule has 3 heterocycles. The summed E-state index contributed by atoms with van der Waals surface area (Å²) in [5.74, 6) is 0.378. The Balaban J connectivity index is 2.03. The second-order valence-corrected chi connectivity index (χ2v) is 5.17. The molecule has 5 N–H and O–H groups in total. The number of aromatic nitrogens is 4. The highest BCUT2D eigenvalue weighted by Gasteiger charge is 2.28. The molecule has 0 bridgehead atoms. The number of nitrogen functional groups attached to an aromatic ring is 2. The summed E-state index contributed by atoms with van der Waals surface area (Å²) >= 11 is 1.50. The molecule has 1 aliphatic heterocycles. The fraction of sp³-hybridized carbons (Fsp3) is 0.444. The molecule has 1 aliphatic rings. The lowest BCUT2D eigenvalue weighted by atomic mass is 10.5. The van der Waals surface area contributed by atoms with Crippen molar-refractivity contribution in [1.82, 2.24) is 19.5 Å². The minimum absolute atomic E-state index is 0.000787. The summed E-state index contributed by atoms with van der Waals surface area (Å²) in [6, 6.07) is 0. The Morgan fingerprint density at radius 2 is 2.33 bits per heavy atom. The first-order valence-corrected chi connectivity index (χ1v) is 6.26. The van der Waals surface area contributed by atoms with Gasteiger partial charge in [0, 0.05) is 0 Å². The summed E-state index contributed by atoms with van der Waals surface area (Å²) in [6.07, 6.45) is 1.63. The maximum absolute atomic E-state index is 9.05. The topological polar surface area (TPSA) is 125 Å². The first-order valence-electron chi connectivity index (χ1n) is 5.32. The molecule has 3 rings (SSSR count). The van der Waals surface area contributed by atoms with E-state index >= 15 is 0 Å². The highest BCUT2D eigenvalue weighted by molar-refractivity contribution is 8.00. The third-order valence-corrected chi connectivity index (χ3v) is 3.92. The zero-order valence-electron chi connectivity index (χ0n) is 9.35. The Kier molecular flexibility index (Phi) is 2.73. The Morgan fingerprint density at radius 3 is 3.06 bits per heavy atom. The van der Waals surface area contributed by atoms with Gasteiger partial charge in [0.15, 0.2) is 11.5 Å². The van der Waals surface area contributed by atoms with E-state index in [9.17, 15) is 0 Å². The number of hydrogen-bond acceptors (Lipinski definition) is 8. The molecule has 2 atom stereocenters. The second kappa shape index (κ2) is 4.26. The van der Waals surface area contributed by atoms with Crippen LogP contribution in [0.5, 0.6) is 0 Å². The maximum Gasteiger partial charge on any atom is 0.224 e. The van der Waals surface area contributed by atoms with Gasteiger partial charge in [0.1, 0.15) is 16.3 Å². The van der Waals surface area contributed by atoms with E-state index < -0.39 is 0 Å². The number of ether oxygens (including phenoxy) is 1. The van der Waals surface area contributed by atoms with Crippen LogP contribution in [-0.2, 0) is 4.74 Å². The van der Waals surface area contributed by atoms with E-state index in [0.29, 0.717) is 17.8 Å². The van der Waals surface area contributed by atoms with Crippen LogP contribution in [0.3, 0.4) is 0 Å². The van der Waals surface area contributed by atoms with E-state index in [0.717, 1.165) is 0 Å². The number of nitrogens with two attached hydrogens (primary N) is 2. The van der Waals surface area contributed by atoms with Gasteiger partial charge in [-0.25, -0.2) is 4.98 Å². The molecule has 0 amide bonds. The minimum atomic E-state index is -0.219. The van der Waals surface area contributed by atoms with Gasteiger partial charge in [-0.2, -0.15) is 9.97 Å². The molecular weight excluding hydrogens is 256 g/mol. The van der Waals surface area contributed by atoms with E-state index in [1.165, 1.54) is 11.8 Å². The molecule has 9 heteroatoms. The van der Waals surface area contributed by atoms with Gasteiger partial charge < -0.3 is 21.3 Å². The van der Waals surface area contributed by atoms with E-state index in [1.54, 1.807) is 6.33 Å². The van der Waals surface area contributed by atoms with Crippen molar-refractivity contribution in [3.8, 4) is 0 Å². The van der Waals surface area contributed by atoms with Gasteiger partial charge in [-0.05, 0) is 0 Å². The Hall–Kier alpha value is -1.58. The monoisotopic (exact) mass is 268 g/mol. The zero-order valence-corrected chi connectivity index (χ0v) is 10.2. The van der Waals surface area contributed by atoms with Gasteiger partial charge in [0.2, 0.25) is 5.95 Å². The molecule has 1 fully saturated rings. The number of fused-ring (bicyclic) bond motifs is 1. The molecule has 1 saturated heterocycles. The summed E-state index contributed by atoms with van der Waals surface area (Å²) < 4.78 is 7.24. The van der Waals surface area contributed by atoms with Crippen LogP contribution >= 0.6 is 11.8 Å². The molecule has 0 radical (unpaired) electrons. The Bertz CT molecular complexity index is 588. The first-order chi connectivity index (χ1) is 8.69. The van der Waals surface area contributed by atoms with E-state index in [2.05, 4.69) is 15.0 Å². The maximum atomic E-state index is 9.05. The average Bonchev–Trinajstić information content (AvgIpc) is 2.93. The molecule has 2 unspecified atom stereocenters. The van der Waals surface area contributed by atoms with Gasteiger partial charge >= 0.3 is 0 Å². The van der Waals surface area contributed by atoms with Gasteiger partial charge in [0.05, 0.1) is 19.5 Å². The van der Waals surface area contributed by atoms with Gasteiger partial charge in [0.25, 0.3) is 0 Å². The summed E-state index contributed by atoms with van der Waals surface area (Å²) in [7, 11) is 0. The lowest BCUT2D eigenvalue weighted by molar-refractivity contribution is 0.0810. The van der Waals surface area contributed by atoms with Gasteiger partial charge in [-0.1, -0.05) is 0 Å². The number of aliphatic hydroxyl groups excluding tert-OH is 1. The van der Waals surface area contributed by atoms with Crippen molar-refractivity contribution in [2.45, 2.75) is 10.8 Å². The quantitative estimate of drug-likeness (QED) is 0.670. The molecule has 0 aromatic carbocycles. The van der Waals surface area contributed by atoms with E-state index in [1.807, 2.05) is 4.57 Å². The summed E-state index contributed by atoms with van der Waals surface area (Å²) in [6.45, 7) is 0.457. The molecule has 18 heavy (non-hydrogen) atoms. The van der Waals surface area contributed by atoms with E-state index in [-0.39, 0.29) is 29.2 Å². The summed E-state index contributed by atoms with van der Waals surface area (Å²) in [5.41, 5.74) is 12.2.